The van der Waals surface area contributed by atoms with Crippen molar-refractivity contribution in [3.8, 4) is 17.0 Å². The molecule has 0 aliphatic rings. The van der Waals surface area contributed by atoms with E-state index in [0.717, 1.165) is 11.3 Å². The molecule has 15 heavy (non-hydrogen) atoms. The third-order valence-electron chi connectivity index (χ3n) is 1.80. The minimum atomic E-state index is -1.80. The zero-order valence-electron chi connectivity index (χ0n) is 7.70. The molecule has 0 saturated carbocycles. The highest BCUT2D eigenvalue weighted by Gasteiger charge is 2.11. The van der Waals surface area contributed by atoms with E-state index in [1.54, 1.807) is 23.7 Å². The monoisotopic (exact) mass is 221 g/mol. The van der Waals surface area contributed by atoms with Crippen LogP contribution in [0.5, 0.6) is 5.75 Å². The molecule has 6 heteroatoms. The van der Waals surface area contributed by atoms with Crippen LogP contribution in [-0.2, 0) is 0 Å². The number of thiazole rings is 1. The molecule has 2 aromatic rings. The van der Waals surface area contributed by atoms with E-state index in [9.17, 15) is 0 Å². The van der Waals surface area contributed by atoms with Gasteiger partial charge in [0.2, 0.25) is 0 Å². The van der Waals surface area contributed by atoms with E-state index in [-0.39, 0.29) is 0 Å². The first-order valence-electron chi connectivity index (χ1n) is 4.27. The summed E-state index contributed by atoms with van der Waals surface area (Å²) in [6.45, 7) is 0. The van der Waals surface area contributed by atoms with Gasteiger partial charge in [-0.1, -0.05) is 12.1 Å². The van der Waals surface area contributed by atoms with Crippen LogP contribution in [0.4, 0.5) is 0 Å². The van der Waals surface area contributed by atoms with Gasteiger partial charge in [-0.25, -0.2) is 4.98 Å². The molecule has 0 aliphatic heterocycles. The molecule has 2 rings (SSSR count). The lowest BCUT2D eigenvalue weighted by Crippen LogP contribution is -2.20. The first kappa shape index (κ1) is 10.2. The second-order valence-electron chi connectivity index (χ2n) is 2.85. The van der Waals surface area contributed by atoms with Crippen LogP contribution in [0.2, 0.25) is 0 Å². The van der Waals surface area contributed by atoms with Crippen LogP contribution in [0, 0.1) is 0 Å². The molecule has 0 saturated heterocycles. The molecular weight excluding hydrogens is 213 g/mol. The SMILES string of the molecule is OB(O)Oc1cccc(-c2cscn2)c1. The van der Waals surface area contributed by atoms with Crippen molar-refractivity contribution in [1.82, 2.24) is 4.98 Å². The van der Waals surface area contributed by atoms with Crippen molar-refractivity contribution in [3.05, 3.63) is 35.2 Å². The van der Waals surface area contributed by atoms with Gasteiger partial charge in [0.15, 0.2) is 0 Å². The lowest BCUT2D eigenvalue weighted by molar-refractivity contribution is 0.288. The molecule has 76 valence electrons. The number of nitrogens with zero attached hydrogens (tertiary/aromatic N) is 1. The van der Waals surface area contributed by atoms with Gasteiger partial charge in [-0.05, 0) is 12.1 Å². The van der Waals surface area contributed by atoms with Crippen LogP contribution < -0.4 is 4.65 Å². The summed E-state index contributed by atoms with van der Waals surface area (Å²) in [5.74, 6) is 0.399. The Morgan fingerprint density at radius 3 is 2.87 bits per heavy atom. The van der Waals surface area contributed by atoms with Gasteiger partial charge >= 0.3 is 7.32 Å². The van der Waals surface area contributed by atoms with Gasteiger partial charge in [-0.3, -0.25) is 0 Å². The smallest absolute Gasteiger partial charge is 0.512 e. The van der Waals surface area contributed by atoms with Crippen LogP contribution in [0.15, 0.2) is 35.2 Å². The highest BCUT2D eigenvalue weighted by atomic mass is 32.1. The van der Waals surface area contributed by atoms with Gasteiger partial charge in [0.1, 0.15) is 5.75 Å². The van der Waals surface area contributed by atoms with Gasteiger partial charge in [-0.2, -0.15) is 0 Å². The van der Waals surface area contributed by atoms with Crippen LogP contribution in [0.1, 0.15) is 0 Å². The second kappa shape index (κ2) is 4.44. The zero-order chi connectivity index (χ0) is 10.7. The molecule has 0 amide bonds. The van der Waals surface area contributed by atoms with Crippen molar-refractivity contribution in [2.45, 2.75) is 0 Å². The van der Waals surface area contributed by atoms with E-state index < -0.39 is 7.32 Å². The van der Waals surface area contributed by atoms with Gasteiger partial charge in [0, 0.05) is 10.9 Å². The third-order valence-corrected chi connectivity index (χ3v) is 2.39. The Hall–Kier alpha value is -1.37. The average molecular weight is 221 g/mol. The van der Waals surface area contributed by atoms with Crippen molar-refractivity contribution in [1.29, 1.82) is 0 Å². The lowest BCUT2D eigenvalue weighted by Gasteiger charge is -2.05. The Balaban J connectivity index is 2.27. The van der Waals surface area contributed by atoms with E-state index in [0.29, 0.717) is 5.75 Å². The van der Waals surface area contributed by atoms with Crippen molar-refractivity contribution in [2.24, 2.45) is 0 Å². The predicted octanol–water partition coefficient (Wildman–Crippen LogP) is 1.16. The zero-order valence-corrected chi connectivity index (χ0v) is 8.52. The molecule has 1 aromatic heterocycles. The van der Waals surface area contributed by atoms with Crippen molar-refractivity contribution in [3.63, 3.8) is 0 Å². The molecule has 0 aliphatic carbocycles. The first-order valence-corrected chi connectivity index (χ1v) is 5.21. The summed E-state index contributed by atoms with van der Waals surface area (Å²) in [6, 6.07) is 7.00. The molecule has 0 fully saturated rings. The number of aromatic nitrogens is 1. The van der Waals surface area contributed by atoms with Crippen molar-refractivity contribution < 1.29 is 14.7 Å². The maximum atomic E-state index is 8.65. The first-order chi connectivity index (χ1) is 7.25. The molecule has 2 N–H and O–H groups in total. The van der Waals surface area contributed by atoms with E-state index >= 15 is 0 Å². The lowest BCUT2D eigenvalue weighted by atomic mass is 10.1. The summed E-state index contributed by atoms with van der Waals surface area (Å²) in [4.78, 5) is 4.14. The molecule has 0 atom stereocenters. The quantitative estimate of drug-likeness (QED) is 0.763. The Kier molecular flexibility index (Phi) is 3.01. The number of rotatable bonds is 3. The largest absolute Gasteiger partial charge is 0.707 e. The van der Waals surface area contributed by atoms with Gasteiger partial charge in [0.25, 0.3) is 0 Å². The normalized spacial score (nSPS) is 10.0. The summed E-state index contributed by atoms with van der Waals surface area (Å²) in [5.41, 5.74) is 3.47. The molecule has 0 spiro atoms. The Labute approximate surface area is 91.0 Å². The molecule has 1 aromatic carbocycles. The van der Waals surface area contributed by atoms with E-state index in [4.69, 9.17) is 14.7 Å². The van der Waals surface area contributed by atoms with Gasteiger partial charge < -0.3 is 14.7 Å². The molecule has 1 heterocycles. The standard InChI is InChI=1S/C9H8BNO3S/c12-10(13)14-8-3-1-2-7(4-8)9-5-15-6-11-9/h1-6,12-13H. The summed E-state index contributed by atoms with van der Waals surface area (Å²) in [7, 11) is -1.80. The van der Waals surface area contributed by atoms with E-state index in [1.165, 1.54) is 11.3 Å². The Bertz CT molecular complexity index is 433. The molecule has 4 nitrogen and oxygen atoms in total. The fourth-order valence-electron chi connectivity index (χ4n) is 1.21. The highest BCUT2D eigenvalue weighted by Crippen LogP contribution is 2.23. The minimum absolute atomic E-state index is 0.399. The predicted molar refractivity (Wildman–Crippen MR) is 58.4 cm³/mol. The van der Waals surface area contributed by atoms with Crippen LogP contribution in [-0.4, -0.2) is 22.4 Å². The molecule has 0 unspecified atom stereocenters. The second-order valence-corrected chi connectivity index (χ2v) is 3.56. The number of benzene rings is 1. The number of hydrogen-bond donors (Lipinski definition) is 2. The van der Waals surface area contributed by atoms with Crippen LogP contribution in [0.3, 0.4) is 0 Å². The maximum absolute atomic E-state index is 8.65. The van der Waals surface area contributed by atoms with Crippen LogP contribution in [0.25, 0.3) is 11.3 Å². The fraction of sp³-hybridized carbons (Fsp3) is 0. The summed E-state index contributed by atoms with van der Waals surface area (Å²) < 4.78 is 4.74. The van der Waals surface area contributed by atoms with Gasteiger partial charge in [0.05, 0.1) is 11.2 Å². The summed E-state index contributed by atoms with van der Waals surface area (Å²) >= 11 is 1.50. The van der Waals surface area contributed by atoms with E-state index in [1.807, 2.05) is 11.4 Å². The maximum Gasteiger partial charge on any atom is 0.707 e. The summed E-state index contributed by atoms with van der Waals surface area (Å²) in [6.07, 6.45) is 0. The fourth-order valence-corrected chi connectivity index (χ4v) is 1.77. The molecule has 0 radical (unpaired) electrons. The van der Waals surface area contributed by atoms with E-state index in [2.05, 4.69) is 4.98 Å². The Morgan fingerprint density at radius 1 is 1.33 bits per heavy atom. The summed E-state index contributed by atoms with van der Waals surface area (Å²) in [5, 5.41) is 19.2. The van der Waals surface area contributed by atoms with Crippen LogP contribution >= 0.6 is 11.3 Å². The Morgan fingerprint density at radius 2 is 2.20 bits per heavy atom. The highest BCUT2D eigenvalue weighted by molar-refractivity contribution is 7.07. The minimum Gasteiger partial charge on any atom is -0.512 e. The third kappa shape index (κ3) is 2.56. The van der Waals surface area contributed by atoms with Crippen molar-refractivity contribution >= 4 is 18.7 Å². The molecular formula is C9H8BNO3S. The average Bonchev–Trinajstić information content (AvgIpc) is 2.69. The number of hydrogen-bond acceptors (Lipinski definition) is 5. The topological polar surface area (TPSA) is 62.6 Å². The van der Waals surface area contributed by atoms with Gasteiger partial charge in [-0.15, -0.1) is 11.3 Å². The molecule has 0 bridgehead atoms. The van der Waals surface area contributed by atoms with Crippen molar-refractivity contribution in [2.75, 3.05) is 0 Å².